The Bertz CT molecular complexity index is 2160. The number of nitrogens with zero attached hydrogens (tertiary/aromatic N) is 4. The first-order valence-corrected chi connectivity index (χ1v) is 21.6. The van der Waals surface area contributed by atoms with Crippen molar-refractivity contribution in [1.29, 1.82) is 0 Å². The van der Waals surface area contributed by atoms with Gasteiger partial charge in [0.05, 0.1) is 36.4 Å². The summed E-state index contributed by atoms with van der Waals surface area (Å²) in [5.41, 5.74) is 1.22. The molecule has 8 N–H and O–H groups in total. The quantitative estimate of drug-likeness (QED) is 0.0413. The number of aryl methyl sites for hydroxylation is 2. The zero-order valence-electron chi connectivity index (χ0n) is 35.1. The molecule has 1 aromatic carbocycles. The van der Waals surface area contributed by atoms with Crippen LogP contribution in [0, 0.1) is 11.8 Å². The number of anilines is 1. The third-order valence-corrected chi connectivity index (χ3v) is 11.0. The first-order valence-electron chi connectivity index (χ1n) is 20.0. The summed E-state index contributed by atoms with van der Waals surface area (Å²) in [6.07, 6.45) is -5.61. The van der Waals surface area contributed by atoms with Crippen molar-refractivity contribution in [2.24, 2.45) is 11.8 Å². The predicted molar refractivity (Wildman–Crippen MR) is 216 cm³/mol. The summed E-state index contributed by atoms with van der Waals surface area (Å²) < 4.78 is 43.3. The van der Waals surface area contributed by atoms with Gasteiger partial charge < -0.3 is 45.9 Å². The number of aliphatic hydroxyl groups is 3. The van der Waals surface area contributed by atoms with E-state index in [0.717, 1.165) is 17.1 Å². The Kier molecular flexibility index (Phi) is 17.2. The van der Waals surface area contributed by atoms with Crippen molar-refractivity contribution in [3.63, 3.8) is 0 Å². The van der Waals surface area contributed by atoms with Crippen LogP contribution in [0.5, 0.6) is 0 Å². The van der Waals surface area contributed by atoms with E-state index in [9.17, 15) is 62.4 Å². The number of carbonyl (C=O) groups excluding carboxylic acids is 6. The van der Waals surface area contributed by atoms with E-state index in [1.807, 2.05) is 0 Å². The molecule has 1 saturated heterocycles. The number of aliphatic hydroxyl groups excluding tert-OH is 3. The molecule has 1 aromatic heterocycles. The van der Waals surface area contributed by atoms with Gasteiger partial charge in [0, 0.05) is 24.4 Å². The molecule has 0 unspecified atom stereocenters. The summed E-state index contributed by atoms with van der Waals surface area (Å²) in [6, 6.07) is 0.933. The number of aliphatic carboxylic acids is 1. The molecular weight excluding hydrogens is 855 g/mol. The lowest BCUT2D eigenvalue weighted by Gasteiger charge is -2.39. The maximum Gasteiger partial charge on any atom is 0.335 e. The topological polar surface area (TPSA) is 343 Å². The average Bonchev–Trinajstić information content (AvgIpc) is 3.81. The molecule has 1 fully saturated rings. The number of benzene rings is 1. The van der Waals surface area contributed by atoms with Crippen molar-refractivity contribution in [1.82, 2.24) is 30.5 Å². The second-order valence-corrected chi connectivity index (χ2v) is 17.4. The molecule has 8 atom stereocenters. The van der Waals surface area contributed by atoms with E-state index in [0.29, 0.717) is 11.1 Å². The minimum atomic E-state index is -4.24. The number of amides is 5. The van der Waals surface area contributed by atoms with Crippen molar-refractivity contribution in [3.8, 4) is 0 Å². The van der Waals surface area contributed by atoms with E-state index in [-0.39, 0.29) is 43.8 Å². The molecule has 24 heteroatoms. The van der Waals surface area contributed by atoms with Gasteiger partial charge in [0.15, 0.2) is 6.10 Å². The molecule has 23 nitrogen and oxygen atoms in total. The fraction of sp³-hybridized carbons (Fsp3) is 0.564. The molecule has 5 amide bonds. The van der Waals surface area contributed by atoms with Gasteiger partial charge in [-0.1, -0.05) is 39.0 Å². The smallest absolute Gasteiger partial charge is 0.335 e. The molecule has 63 heavy (non-hydrogen) atoms. The summed E-state index contributed by atoms with van der Waals surface area (Å²) in [4.78, 5) is 90.5. The van der Waals surface area contributed by atoms with Crippen LogP contribution in [-0.2, 0) is 72.7 Å². The standard InChI is InChI=1S/C39H53N7O16S/c1-19(2)31(42-28(47)16-26(46-29(48)11-12-30(46)49)25-17-45(44-43-25)13-6-14-63(58,59)60)37(54)40-21(5)36(53)41-24-9-7-23(18-61-39(57)20(3)4)22(15-24)8-10-27-32(50)33(51)34(52)35(62-27)38(55)56/h7,9,11-12,15,17,19-21,26-27,31-35,50-52H,6,8,10,13-14,16,18H2,1-5H3,(H,40,54)(H,41,53)(H,42,47)(H,55,56)(H,58,59,60)/t21-,26-,27-,31-,32-,33+,34-,35-/m0/s1. The first-order chi connectivity index (χ1) is 29.5. The summed E-state index contributed by atoms with van der Waals surface area (Å²) in [6.45, 7) is 7.76. The number of esters is 1. The van der Waals surface area contributed by atoms with E-state index in [1.165, 1.54) is 29.9 Å². The number of carboxylic acid groups (broad SMARTS) is 1. The number of hydrogen-bond donors (Lipinski definition) is 8. The van der Waals surface area contributed by atoms with Crippen LogP contribution in [-0.4, -0.2) is 143 Å². The minimum Gasteiger partial charge on any atom is -0.479 e. The van der Waals surface area contributed by atoms with E-state index in [1.54, 1.807) is 33.8 Å². The SMILES string of the molecule is CC(C)C(=O)OCc1ccc(NC(=O)[C@H](C)NC(=O)[C@@H](NC(=O)C[C@@H](c2cn(CCCS(=O)(=O)O)nn2)N2C(=O)C=CC2=O)C(C)C)cc1CC[C@@H]1O[C@H](C(=O)O)[C@@H](O)[C@H](O)[C@H]1O. The van der Waals surface area contributed by atoms with Gasteiger partial charge in [-0.15, -0.1) is 5.10 Å². The highest BCUT2D eigenvalue weighted by atomic mass is 32.2. The van der Waals surface area contributed by atoms with Crippen LogP contribution in [0.25, 0.3) is 0 Å². The third-order valence-electron chi connectivity index (χ3n) is 10.2. The van der Waals surface area contributed by atoms with Gasteiger partial charge in [-0.2, -0.15) is 8.42 Å². The predicted octanol–water partition coefficient (Wildman–Crippen LogP) is -1.24. The third kappa shape index (κ3) is 13.7. The number of carboxylic acids is 1. The summed E-state index contributed by atoms with van der Waals surface area (Å²) in [5.74, 6) is -7.25. The van der Waals surface area contributed by atoms with Crippen molar-refractivity contribution in [2.45, 2.75) is 122 Å². The Morgan fingerprint density at radius 2 is 1.59 bits per heavy atom. The van der Waals surface area contributed by atoms with Gasteiger partial charge in [-0.25, -0.2) is 4.79 Å². The number of nitrogens with one attached hydrogen (secondary N) is 3. The van der Waals surface area contributed by atoms with Crippen LogP contribution in [0.2, 0.25) is 0 Å². The van der Waals surface area contributed by atoms with E-state index in [2.05, 4.69) is 26.3 Å². The Labute approximate surface area is 361 Å². The monoisotopic (exact) mass is 907 g/mol. The molecule has 0 spiro atoms. The van der Waals surface area contributed by atoms with Gasteiger partial charge in [0.2, 0.25) is 17.7 Å². The lowest BCUT2D eigenvalue weighted by atomic mass is 9.91. The number of aromatic nitrogens is 3. The highest BCUT2D eigenvalue weighted by molar-refractivity contribution is 7.85. The van der Waals surface area contributed by atoms with Crippen LogP contribution < -0.4 is 16.0 Å². The highest BCUT2D eigenvalue weighted by Crippen LogP contribution is 2.28. The van der Waals surface area contributed by atoms with Crippen molar-refractivity contribution >= 4 is 57.3 Å². The molecule has 346 valence electrons. The van der Waals surface area contributed by atoms with Crippen LogP contribution in [0.3, 0.4) is 0 Å². The average molecular weight is 908 g/mol. The zero-order chi connectivity index (χ0) is 46.9. The molecule has 2 aliphatic rings. The van der Waals surface area contributed by atoms with Crippen molar-refractivity contribution in [2.75, 3.05) is 11.1 Å². The number of rotatable bonds is 21. The second kappa shape index (κ2) is 21.6. The number of imide groups is 1. The Balaban J connectivity index is 1.44. The van der Waals surface area contributed by atoms with Gasteiger partial charge in [-0.3, -0.25) is 42.9 Å². The Morgan fingerprint density at radius 3 is 2.19 bits per heavy atom. The summed E-state index contributed by atoms with van der Waals surface area (Å²) in [7, 11) is -4.24. The van der Waals surface area contributed by atoms with Crippen LogP contribution in [0.4, 0.5) is 5.69 Å². The first kappa shape index (κ1) is 50.0. The fourth-order valence-corrected chi connectivity index (χ4v) is 7.17. The van der Waals surface area contributed by atoms with Gasteiger partial charge in [-0.05, 0) is 55.4 Å². The largest absolute Gasteiger partial charge is 0.479 e. The Morgan fingerprint density at radius 1 is 0.921 bits per heavy atom. The second-order valence-electron chi connectivity index (χ2n) is 15.8. The molecule has 2 aromatic rings. The molecule has 2 aliphatic heterocycles. The molecule has 3 heterocycles. The van der Waals surface area contributed by atoms with Crippen molar-refractivity contribution < 1.29 is 76.4 Å². The summed E-state index contributed by atoms with van der Waals surface area (Å²) >= 11 is 0. The molecule has 0 bridgehead atoms. The van der Waals surface area contributed by atoms with Gasteiger partial charge in [0.25, 0.3) is 21.9 Å². The van der Waals surface area contributed by atoms with E-state index < -0.39 is 124 Å². The van der Waals surface area contributed by atoms with Crippen LogP contribution in [0.1, 0.15) is 76.7 Å². The van der Waals surface area contributed by atoms with Gasteiger partial charge in [0.1, 0.15) is 42.7 Å². The summed E-state index contributed by atoms with van der Waals surface area (Å²) in [5, 5.41) is 56.0. The van der Waals surface area contributed by atoms with Crippen LogP contribution in [0.15, 0.2) is 36.5 Å². The molecule has 0 saturated carbocycles. The number of hydrogen-bond acceptors (Lipinski definition) is 16. The lowest BCUT2D eigenvalue weighted by Crippen LogP contribution is -2.59. The molecule has 4 rings (SSSR count). The maximum absolute atomic E-state index is 13.6. The van der Waals surface area contributed by atoms with E-state index >= 15 is 0 Å². The number of carbonyl (C=O) groups is 7. The van der Waals surface area contributed by atoms with Crippen LogP contribution >= 0.6 is 0 Å². The lowest BCUT2D eigenvalue weighted by molar-refractivity contribution is -0.228. The zero-order valence-corrected chi connectivity index (χ0v) is 35.9. The number of ether oxygens (including phenoxy) is 2. The van der Waals surface area contributed by atoms with Gasteiger partial charge >= 0.3 is 11.9 Å². The van der Waals surface area contributed by atoms with Crippen molar-refractivity contribution in [3.05, 3.63) is 53.4 Å². The van der Waals surface area contributed by atoms with E-state index in [4.69, 9.17) is 14.0 Å². The highest BCUT2D eigenvalue weighted by Gasteiger charge is 2.46. The minimum absolute atomic E-state index is 0.00908. The normalized spacial score (nSPS) is 21.6. The molecule has 0 aliphatic carbocycles. The maximum atomic E-state index is 13.6. The molecule has 0 radical (unpaired) electrons. The molecular formula is C39H53N7O16S. The Hall–Kier alpha value is -5.66. The fourth-order valence-electron chi connectivity index (χ4n) is 6.68.